The predicted octanol–water partition coefficient (Wildman–Crippen LogP) is 1.86. The molecule has 3 fully saturated rings. The zero-order valence-electron chi connectivity index (χ0n) is 19.7. The number of carbonyl (C=O) groups is 2. The summed E-state index contributed by atoms with van der Waals surface area (Å²) in [7, 11) is 0. The van der Waals surface area contributed by atoms with Crippen LogP contribution in [0, 0.1) is 0 Å². The van der Waals surface area contributed by atoms with Crippen LogP contribution in [0.3, 0.4) is 0 Å². The van der Waals surface area contributed by atoms with E-state index in [0.29, 0.717) is 23.9 Å². The lowest BCUT2D eigenvalue weighted by Gasteiger charge is -2.26. The summed E-state index contributed by atoms with van der Waals surface area (Å²) in [5.41, 5.74) is 3.03. The van der Waals surface area contributed by atoms with Crippen LogP contribution in [0.4, 0.5) is 10.6 Å². The number of ether oxygens (including phenoxy) is 2. The number of aromatic nitrogens is 3. The van der Waals surface area contributed by atoms with Crippen LogP contribution in [0.25, 0.3) is 23.0 Å². The van der Waals surface area contributed by atoms with E-state index in [1.165, 1.54) is 0 Å². The molecule has 3 N–H and O–H groups in total. The second-order valence-corrected chi connectivity index (χ2v) is 9.08. The van der Waals surface area contributed by atoms with E-state index in [2.05, 4.69) is 25.9 Å². The van der Waals surface area contributed by atoms with E-state index in [1.807, 2.05) is 30.3 Å². The Balaban J connectivity index is 1.29. The SMILES string of the molecule is O=C1NC(=O)/C(=C/c2cnn3c(NC4CC4)cc(-c4cccc(OCCN5CCOCC5)c4)nc23)N1. The Hall–Kier alpha value is -3.96. The number of benzene rings is 1. The van der Waals surface area contributed by atoms with Crippen molar-refractivity contribution in [3.8, 4) is 17.0 Å². The maximum absolute atomic E-state index is 12.0. The summed E-state index contributed by atoms with van der Waals surface area (Å²) in [6, 6.07) is 9.72. The Morgan fingerprint density at radius 2 is 2.03 bits per heavy atom. The van der Waals surface area contributed by atoms with Crippen LogP contribution >= 0.6 is 0 Å². The third-order valence-electron chi connectivity index (χ3n) is 6.36. The maximum atomic E-state index is 12.0. The first-order valence-corrected chi connectivity index (χ1v) is 12.1. The van der Waals surface area contributed by atoms with Crippen molar-refractivity contribution < 1.29 is 19.1 Å². The number of anilines is 1. The van der Waals surface area contributed by atoms with Gasteiger partial charge in [-0.05, 0) is 31.1 Å². The number of nitrogens with one attached hydrogen (secondary N) is 3. The fourth-order valence-corrected chi connectivity index (χ4v) is 4.27. The van der Waals surface area contributed by atoms with Gasteiger partial charge < -0.3 is 20.1 Å². The van der Waals surface area contributed by atoms with Gasteiger partial charge in [0.15, 0.2) is 5.65 Å². The van der Waals surface area contributed by atoms with Crippen LogP contribution in [-0.4, -0.2) is 76.9 Å². The topological polar surface area (TPSA) is 122 Å². The molecule has 0 spiro atoms. The molecule has 2 aliphatic heterocycles. The Morgan fingerprint density at radius 1 is 1.17 bits per heavy atom. The number of urea groups is 1. The molecule has 1 aliphatic carbocycles. The molecule has 186 valence electrons. The zero-order chi connectivity index (χ0) is 24.5. The molecule has 0 radical (unpaired) electrons. The molecule has 2 aromatic heterocycles. The smallest absolute Gasteiger partial charge is 0.326 e. The Bertz CT molecular complexity index is 1340. The molecule has 0 unspecified atom stereocenters. The van der Waals surface area contributed by atoms with E-state index in [0.717, 1.165) is 68.5 Å². The van der Waals surface area contributed by atoms with E-state index in [-0.39, 0.29) is 5.70 Å². The molecule has 4 heterocycles. The zero-order valence-corrected chi connectivity index (χ0v) is 19.7. The van der Waals surface area contributed by atoms with Crippen molar-refractivity contribution in [1.82, 2.24) is 30.1 Å². The standard InChI is InChI=1S/C25H27N7O4/c33-24-21(29-25(34)30-24)13-17-15-26-32-22(27-18-4-5-18)14-20(28-23(17)32)16-2-1-3-19(12-16)36-11-8-31-6-9-35-10-7-31/h1-3,12-15,18,27H,4-11H2,(H2,29,30,33,34)/b21-13-. The number of hydrogen-bond acceptors (Lipinski definition) is 8. The molecule has 3 aliphatic rings. The lowest BCUT2D eigenvalue weighted by molar-refractivity contribution is -0.115. The molecule has 1 saturated carbocycles. The number of rotatable bonds is 8. The van der Waals surface area contributed by atoms with Gasteiger partial charge in [-0.1, -0.05) is 12.1 Å². The minimum Gasteiger partial charge on any atom is -0.492 e. The molecule has 2 saturated heterocycles. The van der Waals surface area contributed by atoms with Crippen LogP contribution in [-0.2, 0) is 9.53 Å². The van der Waals surface area contributed by atoms with Gasteiger partial charge in [-0.2, -0.15) is 9.61 Å². The minimum atomic E-state index is -0.544. The summed E-state index contributed by atoms with van der Waals surface area (Å²) in [5.74, 6) is 1.12. The molecule has 11 nitrogen and oxygen atoms in total. The Morgan fingerprint density at radius 3 is 2.81 bits per heavy atom. The summed E-state index contributed by atoms with van der Waals surface area (Å²) >= 11 is 0. The van der Waals surface area contributed by atoms with E-state index >= 15 is 0 Å². The average molecular weight is 490 g/mol. The van der Waals surface area contributed by atoms with Crippen molar-refractivity contribution in [2.75, 3.05) is 44.8 Å². The summed E-state index contributed by atoms with van der Waals surface area (Å²) < 4.78 is 13.2. The highest BCUT2D eigenvalue weighted by atomic mass is 16.5. The number of nitrogens with zero attached hydrogens (tertiary/aromatic N) is 4. The summed E-state index contributed by atoms with van der Waals surface area (Å²) in [5, 5.41) is 12.7. The van der Waals surface area contributed by atoms with Gasteiger partial charge in [0.05, 0.1) is 25.1 Å². The highest BCUT2D eigenvalue weighted by molar-refractivity contribution is 6.14. The number of imide groups is 1. The van der Waals surface area contributed by atoms with E-state index in [9.17, 15) is 9.59 Å². The van der Waals surface area contributed by atoms with Gasteiger partial charge in [0.25, 0.3) is 5.91 Å². The number of fused-ring (bicyclic) bond motifs is 1. The molecule has 0 bridgehead atoms. The number of amides is 3. The van der Waals surface area contributed by atoms with Crippen molar-refractivity contribution in [2.24, 2.45) is 0 Å². The van der Waals surface area contributed by atoms with Crippen molar-refractivity contribution in [3.63, 3.8) is 0 Å². The van der Waals surface area contributed by atoms with Crippen LogP contribution < -0.4 is 20.7 Å². The third-order valence-corrected chi connectivity index (χ3v) is 6.36. The summed E-state index contributed by atoms with van der Waals surface area (Å²) in [6.07, 6.45) is 5.44. The second-order valence-electron chi connectivity index (χ2n) is 9.08. The Labute approximate surface area is 207 Å². The molecule has 3 aromatic rings. The van der Waals surface area contributed by atoms with Crippen molar-refractivity contribution in [3.05, 3.63) is 47.8 Å². The number of hydrogen-bond donors (Lipinski definition) is 3. The third kappa shape index (κ3) is 4.88. The summed E-state index contributed by atoms with van der Waals surface area (Å²) in [6.45, 7) is 4.85. The molecule has 11 heteroatoms. The fourth-order valence-electron chi connectivity index (χ4n) is 4.27. The fraction of sp³-hybridized carbons (Fsp3) is 0.360. The first-order chi connectivity index (χ1) is 17.6. The van der Waals surface area contributed by atoms with Gasteiger partial charge in [-0.15, -0.1) is 0 Å². The van der Waals surface area contributed by atoms with Crippen LogP contribution in [0.5, 0.6) is 5.75 Å². The average Bonchev–Trinajstić information content (AvgIpc) is 3.52. The van der Waals surface area contributed by atoms with Gasteiger partial charge >= 0.3 is 6.03 Å². The van der Waals surface area contributed by atoms with E-state index in [1.54, 1.807) is 16.8 Å². The molecule has 1 aromatic carbocycles. The molecular formula is C25H27N7O4. The first-order valence-electron chi connectivity index (χ1n) is 12.1. The predicted molar refractivity (Wildman–Crippen MR) is 132 cm³/mol. The molecule has 6 rings (SSSR count). The lowest BCUT2D eigenvalue weighted by Crippen LogP contribution is -2.38. The van der Waals surface area contributed by atoms with Crippen molar-refractivity contribution in [2.45, 2.75) is 18.9 Å². The minimum absolute atomic E-state index is 0.162. The number of morpholine rings is 1. The lowest BCUT2D eigenvalue weighted by atomic mass is 10.1. The van der Waals surface area contributed by atoms with E-state index in [4.69, 9.17) is 14.5 Å². The van der Waals surface area contributed by atoms with E-state index < -0.39 is 11.9 Å². The highest BCUT2D eigenvalue weighted by Gasteiger charge is 2.25. The monoisotopic (exact) mass is 489 g/mol. The van der Waals surface area contributed by atoms with Gasteiger partial charge in [0, 0.05) is 42.9 Å². The normalized spacial score (nSPS) is 19.5. The van der Waals surface area contributed by atoms with Gasteiger partial charge in [-0.25, -0.2) is 9.78 Å². The quantitative estimate of drug-likeness (QED) is 0.324. The number of carbonyl (C=O) groups excluding carboxylic acids is 2. The molecule has 3 amide bonds. The van der Waals surface area contributed by atoms with Crippen molar-refractivity contribution >= 4 is 29.5 Å². The van der Waals surface area contributed by atoms with Crippen LogP contribution in [0.2, 0.25) is 0 Å². The van der Waals surface area contributed by atoms with Gasteiger partial charge in [0.2, 0.25) is 0 Å². The largest absolute Gasteiger partial charge is 0.492 e. The Kier molecular flexibility index (Phi) is 5.99. The highest BCUT2D eigenvalue weighted by Crippen LogP contribution is 2.30. The summed E-state index contributed by atoms with van der Waals surface area (Å²) in [4.78, 5) is 30.8. The molecule has 36 heavy (non-hydrogen) atoms. The molecule has 0 atom stereocenters. The van der Waals surface area contributed by atoms with Gasteiger partial charge in [0.1, 0.15) is 23.9 Å². The first kappa shape index (κ1) is 22.5. The molecular weight excluding hydrogens is 462 g/mol. The maximum Gasteiger partial charge on any atom is 0.326 e. The second kappa shape index (κ2) is 9.59. The van der Waals surface area contributed by atoms with Crippen LogP contribution in [0.15, 0.2) is 42.2 Å². The van der Waals surface area contributed by atoms with Gasteiger partial charge in [-0.3, -0.25) is 15.0 Å². The van der Waals surface area contributed by atoms with Crippen LogP contribution in [0.1, 0.15) is 18.4 Å². The van der Waals surface area contributed by atoms with Crippen molar-refractivity contribution in [1.29, 1.82) is 0 Å².